The van der Waals surface area contributed by atoms with Crippen molar-refractivity contribution in [3.63, 3.8) is 0 Å². The molecule has 2 aliphatic heterocycles. The van der Waals surface area contributed by atoms with Gasteiger partial charge in [-0.25, -0.2) is 8.42 Å². The summed E-state index contributed by atoms with van der Waals surface area (Å²) in [6.45, 7) is 1.16. The maximum atomic E-state index is 12.6. The Morgan fingerprint density at radius 1 is 1.17 bits per heavy atom. The molecule has 2 aromatic rings. The Morgan fingerprint density at radius 3 is 2.91 bits per heavy atom. The average molecular weight is 330 g/mol. The topological polar surface area (TPSA) is 87.7 Å². The van der Waals surface area contributed by atoms with E-state index in [2.05, 4.69) is 10.0 Å². The smallest absolute Gasteiger partial charge is 0.423 e. The number of hydrogen-bond donors (Lipinski definition) is 3. The van der Waals surface area contributed by atoms with Gasteiger partial charge < -0.3 is 15.0 Å². The molecule has 2 aromatic carbocycles. The standard InChI is InChI=1S/C15H15BN2O4S/c19-16-14-8-12(2-1-11(14)9-22-16)18-23(20,21)13-3-4-15-10(7-13)5-6-17-15/h1-4,7-8,17-19H,5-6,9H2. The molecule has 2 heterocycles. The summed E-state index contributed by atoms with van der Waals surface area (Å²) in [5, 5.41) is 12.9. The van der Waals surface area contributed by atoms with Crippen molar-refractivity contribution < 1.29 is 18.1 Å². The van der Waals surface area contributed by atoms with Crippen molar-refractivity contribution in [2.24, 2.45) is 0 Å². The van der Waals surface area contributed by atoms with Crippen molar-refractivity contribution in [1.29, 1.82) is 0 Å². The molecular weight excluding hydrogens is 315 g/mol. The van der Waals surface area contributed by atoms with Crippen LogP contribution in [0.25, 0.3) is 0 Å². The second kappa shape index (κ2) is 5.26. The van der Waals surface area contributed by atoms with Crippen LogP contribution in [0.1, 0.15) is 11.1 Å². The van der Waals surface area contributed by atoms with Crippen LogP contribution >= 0.6 is 0 Å². The zero-order chi connectivity index (χ0) is 16.0. The fraction of sp³-hybridized carbons (Fsp3) is 0.200. The van der Waals surface area contributed by atoms with Crippen LogP contribution in [0.15, 0.2) is 41.3 Å². The number of rotatable bonds is 3. The van der Waals surface area contributed by atoms with E-state index in [1.807, 2.05) is 0 Å². The van der Waals surface area contributed by atoms with Crippen molar-refractivity contribution >= 4 is 34.0 Å². The summed E-state index contributed by atoms with van der Waals surface area (Å²) in [6, 6.07) is 10.1. The summed E-state index contributed by atoms with van der Waals surface area (Å²) in [6.07, 6.45) is 0.821. The number of fused-ring (bicyclic) bond motifs is 2. The predicted molar refractivity (Wildman–Crippen MR) is 88.3 cm³/mol. The molecule has 118 valence electrons. The fourth-order valence-corrected chi connectivity index (χ4v) is 4.04. The number of hydrogen-bond acceptors (Lipinski definition) is 5. The Kier molecular flexibility index (Phi) is 3.33. The molecule has 3 N–H and O–H groups in total. The van der Waals surface area contributed by atoms with Gasteiger partial charge >= 0.3 is 7.12 Å². The summed E-state index contributed by atoms with van der Waals surface area (Å²) >= 11 is 0. The van der Waals surface area contributed by atoms with Crippen molar-refractivity contribution in [1.82, 2.24) is 0 Å². The molecule has 8 heteroatoms. The summed E-state index contributed by atoms with van der Waals surface area (Å²) in [4.78, 5) is 0.234. The van der Waals surface area contributed by atoms with E-state index in [-0.39, 0.29) is 4.90 Å². The molecule has 4 rings (SSSR count). The lowest BCUT2D eigenvalue weighted by molar-refractivity contribution is 0.275. The van der Waals surface area contributed by atoms with Gasteiger partial charge in [0.15, 0.2) is 0 Å². The second-order valence-electron chi connectivity index (χ2n) is 5.68. The minimum absolute atomic E-state index is 0.234. The summed E-state index contributed by atoms with van der Waals surface area (Å²) in [7, 11) is -4.67. The third kappa shape index (κ3) is 2.58. The Hall–Kier alpha value is -2.03. The number of nitrogens with one attached hydrogen (secondary N) is 2. The monoisotopic (exact) mass is 330 g/mol. The van der Waals surface area contributed by atoms with E-state index < -0.39 is 17.1 Å². The minimum atomic E-state index is -3.67. The Bertz CT molecular complexity index is 885. The van der Waals surface area contributed by atoms with Gasteiger partial charge in [-0.15, -0.1) is 0 Å². The first-order chi connectivity index (χ1) is 11.0. The van der Waals surface area contributed by atoms with Gasteiger partial charge in [0.05, 0.1) is 11.5 Å². The molecule has 0 radical (unpaired) electrons. The van der Waals surface area contributed by atoms with Gasteiger partial charge in [0, 0.05) is 17.9 Å². The maximum absolute atomic E-state index is 12.6. The maximum Gasteiger partial charge on any atom is 0.491 e. The highest BCUT2D eigenvalue weighted by Crippen LogP contribution is 2.26. The van der Waals surface area contributed by atoms with Gasteiger partial charge in [0.1, 0.15) is 0 Å². The lowest BCUT2D eigenvalue weighted by Gasteiger charge is -2.10. The summed E-state index contributed by atoms with van der Waals surface area (Å²) < 4.78 is 32.8. The highest BCUT2D eigenvalue weighted by Gasteiger charge is 2.28. The highest BCUT2D eigenvalue weighted by molar-refractivity contribution is 7.92. The zero-order valence-electron chi connectivity index (χ0n) is 12.2. The zero-order valence-corrected chi connectivity index (χ0v) is 13.1. The second-order valence-corrected chi connectivity index (χ2v) is 7.36. The molecule has 0 saturated carbocycles. The van der Waals surface area contributed by atoms with Gasteiger partial charge in [-0.1, -0.05) is 6.07 Å². The highest BCUT2D eigenvalue weighted by atomic mass is 32.2. The van der Waals surface area contributed by atoms with Crippen LogP contribution in [0.3, 0.4) is 0 Å². The van der Waals surface area contributed by atoms with E-state index in [1.54, 1.807) is 36.4 Å². The molecule has 0 fully saturated rings. The van der Waals surface area contributed by atoms with Crippen LogP contribution in [0.2, 0.25) is 0 Å². The lowest BCUT2D eigenvalue weighted by Crippen LogP contribution is -2.28. The molecule has 0 atom stereocenters. The van der Waals surface area contributed by atoms with Crippen molar-refractivity contribution in [2.75, 3.05) is 16.6 Å². The van der Waals surface area contributed by atoms with E-state index >= 15 is 0 Å². The molecular formula is C15H15BN2O4S. The quantitative estimate of drug-likeness (QED) is 0.720. The van der Waals surface area contributed by atoms with Crippen molar-refractivity contribution in [3.8, 4) is 0 Å². The summed E-state index contributed by atoms with van der Waals surface area (Å²) in [5.74, 6) is 0. The average Bonchev–Trinajstić information content (AvgIpc) is 3.13. The van der Waals surface area contributed by atoms with Gasteiger partial charge in [-0.05, 0) is 53.3 Å². The van der Waals surface area contributed by atoms with E-state index in [0.29, 0.717) is 17.8 Å². The van der Waals surface area contributed by atoms with E-state index in [1.165, 1.54) is 0 Å². The number of anilines is 2. The Balaban J connectivity index is 1.64. The van der Waals surface area contributed by atoms with Crippen LogP contribution in [0.4, 0.5) is 11.4 Å². The first kappa shape index (κ1) is 14.6. The summed E-state index contributed by atoms with van der Waals surface area (Å²) in [5.41, 5.74) is 3.87. The third-order valence-corrected chi connectivity index (χ3v) is 5.54. The molecule has 0 aliphatic carbocycles. The van der Waals surface area contributed by atoms with Crippen LogP contribution in [-0.4, -0.2) is 27.1 Å². The molecule has 0 bridgehead atoms. The molecule has 0 unspecified atom stereocenters. The molecule has 2 aliphatic rings. The van der Waals surface area contributed by atoms with Gasteiger partial charge in [0.25, 0.3) is 10.0 Å². The van der Waals surface area contributed by atoms with Crippen LogP contribution in [0, 0.1) is 0 Å². The third-order valence-electron chi connectivity index (χ3n) is 4.16. The van der Waals surface area contributed by atoms with Gasteiger partial charge in [-0.3, -0.25) is 4.72 Å². The molecule has 23 heavy (non-hydrogen) atoms. The number of sulfonamides is 1. The molecule has 0 aromatic heterocycles. The van der Waals surface area contributed by atoms with Crippen LogP contribution in [-0.2, 0) is 27.7 Å². The SMILES string of the molecule is O=S(=O)(Nc1ccc2c(c1)B(O)OC2)c1ccc2c(c1)CCN2. The molecule has 0 amide bonds. The molecule has 0 spiro atoms. The Morgan fingerprint density at radius 2 is 2.04 bits per heavy atom. The largest absolute Gasteiger partial charge is 0.491 e. The predicted octanol–water partition coefficient (Wildman–Crippen LogP) is 0.673. The lowest BCUT2D eigenvalue weighted by atomic mass is 9.79. The first-order valence-corrected chi connectivity index (χ1v) is 8.83. The number of benzene rings is 2. The van der Waals surface area contributed by atoms with E-state index in [4.69, 9.17) is 4.65 Å². The first-order valence-electron chi connectivity index (χ1n) is 7.35. The van der Waals surface area contributed by atoms with Crippen LogP contribution < -0.4 is 15.5 Å². The van der Waals surface area contributed by atoms with Gasteiger partial charge in [0.2, 0.25) is 0 Å². The Labute approximate surface area is 134 Å². The van der Waals surface area contributed by atoms with E-state index in [0.717, 1.165) is 29.8 Å². The van der Waals surface area contributed by atoms with E-state index in [9.17, 15) is 13.4 Å². The molecule has 6 nitrogen and oxygen atoms in total. The molecule has 0 saturated heterocycles. The normalized spacial score (nSPS) is 16.0. The van der Waals surface area contributed by atoms with Gasteiger partial charge in [-0.2, -0.15) is 0 Å². The van der Waals surface area contributed by atoms with Crippen LogP contribution in [0.5, 0.6) is 0 Å². The van der Waals surface area contributed by atoms with Crippen molar-refractivity contribution in [3.05, 3.63) is 47.5 Å². The minimum Gasteiger partial charge on any atom is -0.423 e. The fourth-order valence-electron chi connectivity index (χ4n) is 2.94. The van der Waals surface area contributed by atoms with Crippen molar-refractivity contribution in [2.45, 2.75) is 17.9 Å².